The highest BCUT2D eigenvalue weighted by Gasteiger charge is 2.21. The summed E-state index contributed by atoms with van der Waals surface area (Å²) in [4.78, 5) is 4.34. The number of halogens is 1. The zero-order valence-electron chi connectivity index (χ0n) is 10.1. The fourth-order valence-corrected chi connectivity index (χ4v) is 2.78. The zero-order chi connectivity index (χ0) is 12.5. The lowest BCUT2D eigenvalue weighted by Crippen LogP contribution is -2.20. The molecule has 1 saturated carbocycles. The van der Waals surface area contributed by atoms with Crippen molar-refractivity contribution in [1.82, 2.24) is 4.98 Å². The van der Waals surface area contributed by atoms with E-state index in [2.05, 4.69) is 10.3 Å². The van der Waals surface area contributed by atoms with Gasteiger partial charge in [-0.05, 0) is 43.5 Å². The highest BCUT2D eigenvalue weighted by atomic mass is 35.5. The SMILES string of the molecule is NC1CCC(Nc2ccnc3cc(Cl)ccc23)C1. The standard InChI is InChI=1S/C14H16ClN3/c15-9-1-4-12-13(5-6-17-14(12)7-9)18-11-3-2-10(16)8-11/h1,4-7,10-11H,2-3,8,16H2,(H,17,18). The molecule has 1 aliphatic rings. The van der Waals surface area contributed by atoms with Gasteiger partial charge in [-0.1, -0.05) is 11.6 Å². The number of rotatable bonds is 2. The second-order valence-corrected chi connectivity index (χ2v) is 5.37. The second kappa shape index (κ2) is 4.75. The summed E-state index contributed by atoms with van der Waals surface area (Å²) >= 11 is 5.98. The van der Waals surface area contributed by atoms with E-state index >= 15 is 0 Å². The molecular weight excluding hydrogens is 246 g/mol. The molecule has 94 valence electrons. The Labute approximate surface area is 111 Å². The van der Waals surface area contributed by atoms with Crippen LogP contribution in [0.1, 0.15) is 19.3 Å². The quantitative estimate of drug-likeness (QED) is 0.873. The highest BCUT2D eigenvalue weighted by molar-refractivity contribution is 6.31. The number of anilines is 1. The molecule has 3 N–H and O–H groups in total. The number of nitrogens with zero attached hydrogens (tertiary/aromatic N) is 1. The molecule has 3 rings (SSSR count). The zero-order valence-corrected chi connectivity index (χ0v) is 10.8. The summed E-state index contributed by atoms with van der Waals surface area (Å²) in [6, 6.07) is 8.63. The topological polar surface area (TPSA) is 50.9 Å². The van der Waals surface area contributed by atoms with Crippen molar-refractivity contribution in [3.63, 3.8) is 0 Å². The van der Waals surface area contributed by atoms with E-state index in [1.807, 2.05) is 30.5 Å². The first-order chi connectivity index (χ1) is 8.72. The van der Waals surface area contributed by atoms with Crippen molar-refractivity contribution in [1.29, 1.82) is 0 Å². The van der Waals surface area contributed by atoms with E-state index < -0.39 is 0 Å². The Morgan fingerprint density at radius 2 is 2.17 bits per heavy atom. The van der Waals surface area contributed by atoms with Gasteiger partial charge in [-0.15, -0.1) is 0 Å². The van der Waals surface area contributed by atoms with Gasteiger partial charge in [-0.3, -0.25) is 4.98 Å². The first-order valence-corrected chi connectivity index (χ1v) is 6.66. The van der Waals surface area contributed by atoms with Crippen molar-refractivity contribution < 1.29 is 0 Å². The number of hydrogen-bond acceptors (Lipinski definition) is 3. The Morgan fingerprint density at radius 1 is 1.28 bits per heavy atom. The van der Waals surface area contributed by atoms with Gasteiger partial charge in [0.25, 0.3) is 0 Å². The number of fused-ring (bicyclic) bond motifs is 1. The van der Waals surface area contributed by atoms with Crippen molar-refractivity contribution in [2.75, 3.05) is 5.32 Å². The molecule has 2 unspecified atom stereocenters. The van der Waals surface area contributed by atoms with Gasteiger partial charge in [0.2, 0.25) is 0 Å². The molecule has 1 aromatic carbocycles. The van der Waals surface area contributed by atoms with Crippen LogP contribution in [0.25, 0.3) is 10.9 Å². The molecule has 1 aromatic heterocycles. The van der Waals surface area contributed by atoms with Crippen LogP contribution in [0.5, 0.6) is 0 Å². The van der Waals surface area contributed by atoms with Gasteiger partial charge < -0.3 is 11.1 Å². The van der Waals surface area contributed by atoms with E-state index in [0.717, 1.165) is 40.9 Å². The van der Waals surface area contributed by atoms with Crippen molar-refractivity contribution in [2.24, 2.45) is 5.73 Å². The van der Waals surface area contributed by atoms with Crippen LogP contribution in [-0.4, -0.2) is 17.1 Å². The third-order valence-electron chi connectivity index (χ3n) is 3.54. The molecule has 18 heavy (non-hydrogen) atoms. The number of aromatic nitrogens is 1. The van der Waals surface area contributed by atoms with Gasteiger partial charge in [0.15, 0.2) is 0 Å². The van der Waals surface area contributed by atoms with Crippen LogP contribution >= 0.6 is 11.6 Å². The summed E-state index contributed by atoms with van der Waals surface area (Å²) in [5, 5.41) is 5.40. The molecule has 0 saturated heterocycles. The first kappa shape index (κ1) is 11.8. The first-order valence-electron chi connectivity index (χ1n) is 6.29. The van der Waals surface area contributed by atoms with Crippen molar-refractivity contribution >= 4 is 28.2 Å². The van der Waals surface area contributed by atoms with Crippen LogP contribution in [-0.2, 0) is 0 Å². The smallest absolute Gasteiger partial charge is 0.0737 e. The van der Waals surface area contributed by atoms with Crippen LogP contribution in [0.4, 0.5) is 5.69 Å². The summed E-state index contributed by atoms with van der Waals surface area (Å²) in [7, 11) is 0. The van der Waals surface area contributed by atoms with Gasteiger partial charge in [0.1, 0.15) is 0 Å². The Morgan fingerprint density at radius 3 is 2.94 bits per heavy atom. The number of benzene rings is 1. The maximum Gasteiger partial charge on any atom is 0.0737 e. The van der Waals surface area contributed by atoms with Crippen LogP contribution in [0.2, 0.25) is 5.02 Å². The lowest BCUT2D eigenvalue weighted by molar-refractivity contribution is 0.688. The molecule has 0 radical (unpaired) electrons. The lowest BCUT2D eigenvalue weighted by atomic mass is 10.1. The summed E-state index contributed by atoms with van der Waals surface area (Å²) < 4.78 is 0. The molecule has 3 nitrogen and oxygen atoms in total. The minimum absolute atomic E-state index is 0.338. The molecule has 2 atom stereocenters. The maximum absolute atomic E-state index is 5.98. The normalized spacial score (nSPS) is 23.4. The molecule has 0 bridgehead atoms. The molecule has 0 amide bonds. The highest BCUT2D eigenvalue weighted by Crippen LogP contribution is 2.28. The van der Waals surface area contributed by atoms with Crippen molar-refractivity contribution in [2.45, 2.75) is 31.3 Å². The van der Waals surface area contributed by atoms with E-state index in [1.165, 1.54) is 0 Å². The minimum atomic E-state index is 0.338. The Hall–Kier alpha value is -1.32. The van der Waals surface area contributed by atoms with E-state index in [-0.39, 0.29) is 0 Å². The van der Waals surface area contributed by atoms with Gasteiger partial charge in [-0.2, -0.15) is 0 Å². The van der Waals surface area contributed by atoms with E-state index in [9.17, 15) is 0 Å². The van der Waals surface area contributed by atoms with Crippen LogP contribution in [0, 0.1) is 0 Å². The molecular formula is C14H16ClN3. The summed E-state index contributed by atoms with van der Waals surface area (Å²) in [5.74, 6) is 0. The van der Waals surface area contributed by atoms with E-state index in [1.54, 1.807) is 0 Å². The van der Waals surface area contributed by atoms with Crippen LogP contribution < -0.4 is 11.1 Å². The van der Waals surface area contributed by atoms with Gasteiger partial charge >= 0.3 is 0 Å². The molecule has 1 heterocycles. The molecule has 1 fully saturated rings. The molecule has 1 aliphatic carbocycles. The average Bonchev–Trinajstić information content (AvgIpc) is 2.75. The fourth-order valence-electron chi connectivity index (χ4n) is 2.61. The Kier molecular flexibility index (Phi) is 3.10. The monoisotopic (exact) mass is 261 g/mol. The van der Waals surface area contributed by atoms with Gasteiger partial charge in [0, 0.05) is 34.4 Å². The summed E-state index contributed by atoms with van der Waals surface area (Å²) in [6.45, 7) is 0. The second-order valence-electron chi connectivity index (χ2n) is 4.93. The molecule has 4 heteroatoms. The van der Waals surface area contributed by atoms with Crippen molar-refractivity contribution in [3.05, 3.63) is 35.5 Å². The number of hydrogen-bond donors (Lipinski definition) is 2. The van der Waals surface area contributed by atoms with E-state index in [4.69, 9.17) is 17.3 Å². The maximum atomic E-state index is 5.98. The van der Waals surface area contributed by atoms with E-state index in [0.29, 0.717) is 12.1 Å². The molecule has 0 spiro atoms. The predicted molar refractivity (Wildman–Crippen MR) is 76.0 cm³/mol. The number of nitrogens with one attached hydrogen (secondary N) is 1. The van der Waals surface area contributed by atoms with Gasteiger partial charge in [-0.25, -0.2) is 0 Å². The predicted octanol–water partition coefficient (Wildman–Crippen LogP) is 3.18. The Bertz CT molecular complexity index is 570. The molecule has 0 aliphatic heterocycles. The average molecular weight is 262 g/mol. The minimum Gasteiger partial charge on any atom is -0.382 e. The summed E-state index contributed by atoms with van der Waals surface area (Å²) in [6.07, 6.45) is 5.10. The van der Waals surface area contributed by atoms with Crippen LogP contribution in [0.3, 0.4) is 0 Å². The third kappa shape index (κ3) is 2.28. The number of nitrogens with two attached hydrogens (primary N) is 1. The number of pyridine rings is 1. The summed E-state index contributed by atoms with van der Waals surface area (Å²) in [5.41, 5.74) is 7.99. The van der Waals surface area contributed by atoms with Crippen LogP contribution in [0.15, 0.2) is 30.5 Å². The van der Waals surface area contributed by atoms with Gasteiger partial charge in [0.05, 0.1) is 5.52 Å². The largest absolute Gasteiger partial charge is 0.382 e. The van der Waals surface area contributed by atoms with Crippen molar-refractivity contribution in [3.8, 4) is 0 Å². The lowest BCUT2D eigenvalue weighted by Gasteiger charge is -2.15. The third-order valence-corrected chi connectivity index (χ3v) is 3.77. The molecule has 2 aromatic rings. The fraction of sp³-hybridized carbons (Fsp3) is 0.357. The Balaban J connectivity index is 1.92.